The first-order valence-electron chi connectivity index (χ1n) is 8.97. The molecule has 11 heteroatoms. The summed E-state index contributed by atoms with van der Waals surface area (Å²) in [5.74, 6) is -1.59. The average Bonchev–Trinajstić information content (AvgIpc) is 3.27. The maximum atomic E-state index is 12.7. The highest BCUT2D eigenvalue weighted by Crippen LogP contribution is 2.21. The van der Waals surface area contributed by atoms with E-state index >= 15 is 0 Å². The predicted molar refractivity (Wildman–Crippen MR) is 122 cm³/mol. The summed E-state index contributed by atoms with van der Waals surface area (Å²) in [6.45, 7) is 0. The van der Waals surface area contributed by atoms with Crippen LogP contribution in [0, 0.1) is 10.1 Å². The van der Waals surface area contributed by atoms with Crippen molar-refractivity contribution in [2.45, 2.75) is 0 Å². The van der Waals surface area contributed by atoms with E-state index in [9.17, 15) is 24.8 Å². The maximum Gasteiger partial charge on any atom is 0.287 e. The number of nitro benzene ring substituents is 1. The van der Waals surface area contributed by atoms with E-state index in [-0.39, 0.29) is 33.3 Å². The summed E-state index contributed by atoms with van der Waals surface area (Å²) >= 11 is 7.40. The second-order valence-corrected chi connectivity index (χ2v) is 7.59. The Kier molecular flexibility index (Phi) is 7.32. The number of hydrogen-bond acceptors (Lipinski definition) is 7. The molecule has 0 saturated carbocycles. The number of halogens is 1. The van der Waals surface area contributed by atoms with E-state index in [1.807, 2.05) is 0 Å². The van der Waals surface area contributed by atoms with Crippen molar-refractivity contribution >= 4 is 52.7 Å². The molecule has 0 aliphatic rings. The van der Waals surface area contributed by atoms with Crippen LogP contribution in [-0.4, -0.2) is 28.1 Å². The Labute approximate surface area is 190 Å². The van der Waals surface area contributed by atoms with Crippen LogP contribution >= 0.6 is 22.9 Å². The van der Waals surface area contributed by atoms with Gasteiger partial charge < -0.3 is 10.4 Å². The van der Waals surface area contributed by atoms with Crippen LogP contribution in [0.15, 0.2) is 70.8 Å². The number of phenolic OH excluding ortho intramolecular Hbond substituents is 1. The standard InChI is InChI=1S/C21H15ClN4O5S/c22-17-6-2-1-5-16(17)20(28)24-18(11-15-4-3-9-32-15)21(29)25-23-12-13-10-14(26(30)31)7-8-19(13)27/h1-12,27H,(H,24,28)(H,25,29). The van der Waals surface area contributed by atoms with Crippen molar-refractivity contribution in [3.63, 3.8) is 0 Å². The number of nitro groups is 1. The third-order valence-electron chi connectivity index (χ3n) is 4.03. The van der Waals surface area contributed by atoms with E-state index in [2.05, 4.69) is 15.8 Å². The summed E-state index contributed by atoms with van der Waals surface area (Å²) in [4.78, 5) is 36.2. The monoisotopic (exact) mass is 470 g/mol. The molecule has 3 aromatic rings. The van der Waals surface area contributed by atoms with Crippen molar-refractivity contribution in [3.05, 3.63) is 96.8 Å². The lowest BCUT2D eigenvalue weighted by Gasteiger charge is -2.09. The summed E-state index contributed by atoms with van der Waals surface area (Å²) in [5, 5.41) is 29.0. The van der Waals surface area contributed by atoms with Gasteiger partial charge in [0.1, 0.15) is 11.4 Å². The summed E-state index contributed by atoms with van der Waals surface area (Å²) < 4.78 is 0. The fourth-order valence-electron chi connectivity index (χ4n) is 2.49. The Hall–Kier alpha value is -4.02. The van der Waals surface area contributed by atoms with Gasteiger partial charge in [0, 0.05) is 22.6 Å². The van der Waals surface area contributed by atoms with Gasteiger partial charge in [-0.05, 0) is 35.7 Å². The summed E-state index contributed by atoms with van der Waals surface area (Å²) in [6.07, 6.45) is 2.52. The number of carbonyl (C=O) groups excluding carboxylic acids is 2. The third-order valence-corrected chi connectivity index (χ3v) is 5.18. The summed E-state index contributed by atoms with van der Waals surface area (Å²) in [5.41, 5.74) is 2.10. The number of non-ortho nitro benzene ring substituents is 1. The topological polar surface area (TPSA) is 134 Å². The number of aromatic hydroxyl groups is 1. The molecule has 2 aromatic carbocycles. The molecular weight excluding hydrogens is 456 g/mol. The fraction of sp³-hybridized carbons (Fsp3) is 0. The first-order chi connectivity index (χ1) is 15.3. The quantitative estimate of drug-likeness (QED) is 0.208. The van der Waals surface area contributed by atoms with E-state index in [1.54, 1.807) is 35.7 Å². The molecule has 1 heterocycles. The van der Waals surface area contributed by atoms with Crippen molar-refractivity contribution in [3.8, 4) is 5.75 Å². The number of hydrazone groups is 1. The molecule has 162 valence electrons. The van der Waals surface area contributed by atoms with E-state index in [0.29, 0.717) is 4.88 Å². The third kappa shape index (κ3) is 5.78. The second-order valence-electron chi connectivity index (χ2n) is 6.21. The largest absolute Gasteiger partial charge is 0.507 e. The van der Waals surface area contributed by atoms with Gasteiger partial charge in [-0.25, -0.2) is 5.43 Å². The molecule has 3 rings (SSSR count). The molecule has 2 amide bonds. The Balaban J connectivity index is 1.80. The van der Waals surface area contributed by atoms with E-state index in [4.69, 9.17) is 11.6 Å². The molecule has 0 radical (unpaired) electrons. The lowest BCUT2D eigenvalue weighted by Crippen LogP contribution is -2.33. The molecule has 0 spiro atoms. The highest BCUT2D eigenvalue weighted by atomic mass is 35.5. The van der Waals surface area contributed by atoms with Gasteiger partial charge in [0.2, 0.25) is 0 Å². The molecule has 0 fully saturated rings. The number of hydrogen-bond donors (Lipinski definition) is 3. The lowest BCUT2D eigenvalue weighted by molar-refractivity contribution is -0.384. The summed E-state index contributed by atoms with van der Waals surface area (Å²) in [7, 11) is 0. The number of nitrogens with zero attached hydrogens (tertiary/aromatic N) is 2. The van der Waals surface area contributed by atoms with Gasteiger partial charge in [0.15, 0.2) is 0 Å². The second kappa shape index (κ2) is 10.3. The normalized spacial score (nSPS) is 11.3. The zero-order valence-corrected chi connectivity index (χ0v) is 17.8. The Morgan fingerprint density at radius 1 is 1.16 bits per heavy atom. The van der Waals surface area contributed by atoms with Gasteiger partial charge in [-0.15, -0.1) is 11.3 Å². The predicted octanol–water partition coefficient (Wildman–Crippen LogP) is 3.94. The minimum atomic E-state index is -0.750. The molecule has 1 aromatic heterocycles. The van der Waals surface area contributed by atoms with Gasteiger partial charge in [-0.3, -0.25) is 19.7 Å². The number of thiophene rings is 1. The molecule has 0 aliphatic heterocycles. The van der Waals surface area contributed by atoms with Crippen LogP contribution in [0.5, 0.6) is 5.75 Å². The highest BCUT2D eigenvalue weighted by Gasteiger charge is 2.16. The summed E-state index contributed by atoms with van der Waals surface area (Å²) in [6, 6.07) is 13.3. The SMILES string of the molecule is O=C(NN=Cc1cc([N+](=O)[O-])ccc1O)C(=Cc1cccs1)NC(=O)c1ccccc1Cl. The average molecular weight is 471 g/mol. The zero-order chi connectivity index (χ0) is 23.1. The molecule has 0 aliphatic carbocycles. The maximum absolute atomic E-state index is 12.7. The first-order valence-corrected chi connectivity index (χ1v) is 10.2. The van der Waals surface area contributed by atoms with Gasteiger partial charge in [-0.1, -0.05) is 29.8 Å². The molecule has 0 saturated heterocycles. The lowest BCUT2D eigenvalue weighted by atomic mass is 10.2. The Morgan fingerprint density at radius 3 is 2.62 bits per heavy atom. The van der Waals surface area contributed by atoms with E-state index < -0.39 is 16.7 Å². The number of amides is 2. The molecule has 0 bridgehead atoms. The number of phenols is 1. The van der Waals surface area contributed by atoms with E-state index in [1.165, 1.54) is 23.5 Å². The number of benzene rings is 2. The van der Waals surface area contributed by atoms with Crippen molar-refractivity contribution in [1.29, 1.82) is 0 Å². The Morgan fingerprint density at radius 2 is 1.94 bits per heavy atom. The molecule has 0 unspecified atom stereocenters. The van der Waals surface area contributed by atoms with Crippen LogP contribution in [-0.2, 0) is 4.79 Å². The van der Waals surface area contributed by atoms with Crippen molar-refractivity contribution in [2.75, 3.05) is 0 Å². The molecular formula is C21H15ClN4O5S. The molecule has 9 nitrogen and oxygen atoms in total. The molecule has 32 heavy (non-hydrogen) atoms. The first kappa shape index (κ1) is 22.7. The molecule has 0 atom stereocenters. The van der Waals surface area contributed by atoms with Crippen molar-refractivity contribution in [2.24, 2.45) is 5.10 Å². The van der Waals surface area contributed by atoms with Crippen molar-refractivity contribution in [1.82, 2.24) is 10.7 Å². The minimum absolute atomic E-state index is 0.0309. The van der Waals surface area contributed by atoms with Crippen LogP contribution in [0.2, 0.25) is 5.02 Å². The van der Waals surface area contributed by atoms with Gasteiger partial charge >= 0.3 is 0 Å². The number of rotatable bonds is 7. The smallest absolute Gasteiger partial charge is 0.287 e. The van der Waals surface area contributed by atoms with Crippen LogP contribution < -0.4 is 10.7 Å². The highest BCUT2D eigenvalue weighted by molar-refractivity contribution is 7.10. The number of carbonyl (C=O) groups is 2. The minimum Gasteiger partial charge on any atom is -0.507 e. The van der Waals surface area contributed by atoms with Crippen LogP contribution in [0.3, 0.4) is 0 Å². The molecule has 3 N–H and O–H groups in total. The van der Waals surface area contributed by atoms with Gasteiger partial charge in [-0.2, -0.15) is 5.10 Å². The van der Waals surface area contributed by atoms with E-state index in [0.717, 1.165) is 24.4 Å². The number of nitrogens with one attached hydrogen (secondary N) is 2. The van der Waals surface area contributed by atoms with Crippen LogP contribution in [0.4, 0.5) is 5.69 Å². The fourth-order valence-corrected chi connectivity index (χ4v) is 3.37. The van der Waals surface area contributed by atoms with Crippen LogP contribution in [0.1, 0.15) is 20.8 Å². The van der Waals surface area contributed by atoms with Crippen LogP contribution in [0.25, 0.3) is 6.08 Å². The zero-order valence-electron chi connectivity index (χ0n) is 16.2. The van der Waals surface area contributed by atoms with Gasteiger partial charge in [0.25, 0.3) is 17.5 Å². The van der Waals surface area contributed by atoms with Gasteiger partial charge in [0.05, 0.1) is 21.7 Å². The van der Waals surface area contributed by atoms with Crippen molar-refractivity contribution < 1.29 is 19.6 Å². The Bertz CT molecular complexity index is 1220.